The number of carbonyl (C=O) groups excluding carboxylic acids is 1. The third kappa shape index (κ3) is 3.30. The summed E-state index contributed by atoms with van der Waals surface area (Å²) in [6.45, 7) is 8.99. The van der Waals surface area contributed by atoms with E-state index in [0.717, 1.165) is 17.7 Å². The molecule has 0 aliphatic carbocycles. The summed E-state index contributed by atoms with van der Waals surface area (Å²) < 4.78 is 6.19. The SMILES string of the molecule is CCN1C(=O)[C@@H](Cc2cc(C(C)C)c(OC)cc2C)SC1=S. The molecule has 0 saturated carbocycles. The average Bonchev–Trinajstić information content (AvgIpc) is 2.74. The maximum atomic E-state index is 12.4. The predicted molar refractivity (Wildman–Crippen MR) is 96.9 cm³/mol. The van der Waals surface area contributed by atoms with Gasteiger partial charge < -0.3 is 4.74 Å². The summed E-state index contributed by atoms with van der Waals surface area (Å²) in [5.74, 6) is 1.45. The summed E-state index contributed by atoms with van der Waals surface area (Å²) >= 11 is 6.81. The van der Waals surface area contributed by atoms with E-state index in [-0.39, 0.29) is 11.2 Å². The third-order valence-electron chi connectivity index (χ3n) is 4.04. The number of carbonyl (C=O) groups is 1. The topological polar surface area (TPSA) is 29.5 Å². The molecule has 1 atom stereocenters. The van der Waals surface area contributed by atoms with Gasteiger partial charge in [0.25, 0.3) is 0 Å². The number of hydrogen-bond acceptors (Lipinski definition) is 4. The lowest BCUT2D eigenvalue weighted by molar-refractivity contribution is -0.125. The molecular weight excluding hydrogens is 314 g/mol. The molecule has 0 radical (unpaired) electrons. The Morgan fingerprint density at radius 1 is 1.41 bits per heavy atom. The van der Waals surface area contributed by atoms with E-state index in [1.807, 2.05) is 6.92 Å². The number of amides is 1. The van der Waals surface area contributed by atoms with Crippen molar-refractivity contribution < 1.29 is 9.53 Å². The monoisotopic (exact) mass is 337 g/mol. The van der Waals surface area contributed by atoms with Crippen molar-refractivity contribution in [3.8, 4) is 5.75 Å². The molecule has 0 aromatic heterocycles. The quantitative estimate of drug-likeness (QED) is 0.762. The van der Waals surface area contributed by atoms with Crippen LogP contribution in [0.2, 0.25) is 0 Å². The van der Waals surface area contributed by atoms with Crippen LogP contribution in [0, 0.1) is 6.92 Å². The summed E-state index contributed by atoms with van der Waals surface area (Å²) in [6.07, 6.45) is 0.718. The van der Waals surface area contributed by atoms with Gasteiger partial charge in [0, 0.05) is 6.54 Å². The largest absolute Gasteiger partial charge is 0.496 e. The summed E-state index contributed by atoms with van der Waals surface area (Å²) in [4.78, 5) is 14.1. The minimum absolute atomic E-state index is 0.0976. The van der Waals surface area contributed by atoms with Gasteiger partial charge in [-0.15, -0.1) is 0 Å². The Kier molecular flexibility index (Phi) is 5.50. The van der Waals surface area contributed by atoms with Crippen LogP contribution in [0.25, 0.3) is 0 Å². The van der Waals surface area contributed by atoms with Crippen LogP contribution in [-0.2, 0) is 11.2 Å². The average molecular weight is 338 g/mol. The lowest BCUT2D eigenvalue weighted by Crippen LogP contribution is -2.31. The minimum atomic E-state index is -0.0976. The smallest absolute Gasteiger partial charge is 0.241 e. The fourth-order valence-corrected chi connectivity index (χ4v) is 4.35. The number of thiocarbonyl (C=S) groups is 1. The first-order valence-corrected chi connectivity index (χ1v) is 8.87. The minimum Gasteiger partial charge on any atom is -0.496 e. The van der Waals surface area contributed by atoms with Crippen molar-refractivity contribution in [2.75, 3.05) is 13.7 Å². The first-order valence-electron chi connectivity index (χ1n) is 7.58. The van der Waals surface area contributed by atoms with Gasteiger partial charge in [-0.25, -0.2) is 0 Å². The number of hydrogen-bond donors (Lipinski definition) is 0. The van der Waals surface area contributed by atoms with Crippen molar-refractivity contribution in [1.82, 2.24) is 4.90 Å². The van der Waals surface area contributed by atoms with Gasteiger partial charge in [0.15, 0.2) is 0 Å². The van der Waals surface area contributed by atoms with Crippen molar-refractivity contribution in [1.29, 1.82) is 0 Å². The zero-order chi connectivity index (χ0) is 16.4. The highest BCUT2D eigenvalue weighted by molar-refractivity contribution is 8.24. The lowest BCUT2D eigenvalue weighted by Gasteiger charge is -2.17. The van der Waals surface area contributed by atoms with E-state index >= 15 is 0 Å². The molecule has 22 heavy (non-hydrogen) atoms. The molecule has 1 saturated heterocycles. The number of rotatable bonds is 5. The van der Waals surface area contributed by atoms with Gasteiger partial charge in [-0.2, -0.15) is 0 Å². The van der Waals surface area contributed by atoms with E-state index in [1.165, 1.54) is 22.9 Å². The fourth-order valence-electron chi connectivity index (χ4n) is 2.71. The van der Waals surface area contributed by atoms with E-state index in [2.05, 4.69) is 32.9 Å². The molecule has 0 N–H and O–H groups in total. The number of ether oxygens (including phenoxy) is 1. The van der Waals surface area contributed by atoms with Crippen LogP contribution in [0.5, 0.6) is 5.75 Å². The Morgan fingerprint density at radius 2 is 2.09 bits per heavy atom. The maximum absolute atomic E-state index is 12.4. The molecule has 2 rings (SSSR count). The molecular formula is C17H23NO2S2. The van der Waals surface area contributed by atoms with Crippen LogP contribution in [0.15, 0.2) is 12.1 Å². The van der Waals surface area contributed by atoms with Gasteiger partial charge in [0.2, 0.25) is 5.91 Å². The van der Waals surface area contributed by atoms with Crippen molar-refractivity contribution >= 4 is 34.2 Å². The Balaban J connectivity index is 2.29. The molecule has 0 bridgehead atoms. The van der Waals surface area contributed by atoms with Crippen LogP contribution in [0.3, 0.4) is 0 Å². The predicted octanol–water partition coefficient (Wildman–Crippen LogP) is 3.92. The number of thioether (sulfide) groups is 1. The molecule has 0 unspecified atom stereocenters. The highest BCUT2D eigenvalue weighted by Gasteiger charge is 2.36. The molecule has 1 fully saturated rings. The van der Waals surface area contributed by atoms with E-state index < -0.39 is 0 Å². The van der Waals surface area contributed by atoms with Crippen LogP contribution in [0.1, 0.15) is 43.4 Å². The van der Waals surface area contributed by atoms with Gasteiger partial charge in [-0.05, 0) is 48.9 Å². The van der Waals surface area contributed by atoms with E-state index in [9.17, 15) is 4.79 Å². The summed E-state index contributed by atoms with van der Waals surface area (Å²) in [7, 11) is 1.70. The second-order valence-corrected chi connectivity index (χ2v) is 7.67. The zero-order valence-corrected chi connectivity index (χ0v) is 15.4. The number of aryl methyl sites for hydroxylation is 1. The summed E-state index contributed by atoms with van der Waals surface area (Å²) in [5, 5.41) is -0.0976. The van der Waals surface area contributed by atoms with Crippen molar-refractivity contribution in [2.45, 2.75) is 45.3 Å². The first kappa shape index (κ1) is 17.3. The van der Waals surface area contributed by atoms with Crippen molar-refractivity contribution in [3.63, 3.8) is 0 Å². The number of nitrogens with zero attached hydrogens (tertiary/aromatic N) is 1. The molecule has 1 aromatic carbocycles. The Morgan fingerprint density at radius 3 is 2.59 bits per heavy atom. The molecule has 1 aromatic rings. The van der Waals surface area contributed by atoms with E-state index in [4.69, 9.17) is 17.0 Å². The second-order valence-electron chi connectivity index (χ2n) is 5.83. The third-order valence-corrected chi connectivity index (χ3v) is 5.62. The van der Waals surface area contributed by atoms with Gasteiger partial charge >= 0.3 is 0 Å². The van der Waals surface area contributed by atoms with E-state index in [0.29, 0.717) is 16.8 Å². The van der Waals surface area contributed by atoms with Gasteiger partial charge in [0.1, 0.15) is 10.1 Å². The highest BCUT2D eigenvalue weighted by atomic mass is 32.2. The number of benzene rings is 1. The van der Waals surface area contributed by atoms with Gasteiger partial charge in [0.05, 0.1) is 12.4 Å². The van der Waals surface area contributed by atoms with Crippen LogP contribution < -0.4 is 4.74 Å². The molecule has 1 aliphatic heterocycles. The molecule has 1 aliphatic rings. The van der Waals surface area contributed by atoms with Crippen molar-refractivity contribution in [2.24, 2.45) is 0 Å². The maximum Gasteiger partial charge on any atom is 0.241 e. The zero-order valence-electron chi connectivity index (χ0n) is 13.8. The first-order chi connectivity index (χ1) is 10.4. The molecule has 5 heteroatoms. The molecule has 120 valence electrons. The van der Waals surface area contributed by atoms with Crippen LogP contribution >= 0.6 is 24.0 Å². The van der Waals surface area contributed by atoms with Crippen LogP contribution in [-0.4, -0.2) is 34.0 Å². The summed E-state index contributed by atoms with van der Waals surface area (Å²) in [6, 6.07) is 4.26. The summed E-state index contributed by atoms with van der Waals surface area (Å²) in [5.41, 5.74) is 3.56. The lowest BCUT2D eigenvalue weighted by atomic mass is 9.94. The van der Waals surface area contributed by atoms with E-state index in [1.54, 1.807) is 12.0 Å². The molecule has 0 spiro atoms. The van der Waals surface area contributed by atoms with Gasteiger partial charge in [-0.1, -0.05) is 43.9 Å². The molecule has 1 heterocycles. The number of methoxy groups -OCH3 is 1. The Bertz CT molecular complexity index is 599. The molecule has 3 nitrogen and oxygen atoms in total. The Labute approximate surface area is 142 Å². The fraction of sp³-hybridized carbons (Fsp3) is 0.529. The standard InChI is InChI=1S/C17H23NO2S2/c1-6-18-16(19)15(22-17(18)21)9-12-8-13(10(2)3)14(20-5)7-11(12)4/h7-8,10,15H,6,9H2,1-5H3/t15-/m1/s1. The Hall–Kier alpha value is -1.07. The normalized spacial score (nSPS) is 18.5. The molecule has 1 amide bonds. The highest BCUT2D eigenvalue weighted by Crippen LogP contribution is 2.34. The van der Waals surface area contributed by atoms with Crippen LogP contribution in [0.4, 0.5) is 0 Å². The van der Waals surface area contributed by atoms with Gasteiger partial charge in [-0.3, -0.25) is 9.69 Å². The second kappa shape index (κ2) is 7.01. The van der Waals surface area contributed by atoms with Crippen molar-refractivity contribution in [3.05, 3.63) is 28.8 Å².